The van der Waals surface area contributed by atoms with Gasteiger partial charge in [-0.3, -0.25) is 4.79 Å². The molecule has 0 aliphatic carbocycles. The van der Waals surface area contributed by atoms with Gasteiger partial charge in [-0.25, -0.2) is 4.79 Å². The Kier molecular flexibility index (Phi) is 5.58. The van der Waals surface area contributed by atoms with Gasteiger partial charge in [0.1, 0.15) is 17.0 Å². The highest BCUT2D eigenvalue weighted by molar-refractivity contribution is 6.00. The number of carboxylic acid groups (broad SMARTS) is 1. The second kappa shape index (κ2) is 6.97. The van der Waals surface area contributed by atoms with Gasteiger partial charge in [0.2, 0.25) is 0 Å². The van der Waals surface area contributed by atoms with E-state index in [9.17, 15) is 14.7 Å². The van der Waals surface area contributed by atoms with E-state index in [-0.39, 0.29) is 5.56 Å². The van der Waals surface area contributed by atoms with E-state index < -0.39 is 17.4 Å². The minimum Gasteiger partial charge on any atom is -0.497 e. The Hall–Kier alpha value is -2.24. The molecule has 0 unspecified atom stereocenters. The van der Waals surface area contributed by atoms with Crippen molar-refractivity contribution in [3.05, 3.63) is 23.8 Å². The Morgan fingerprint density at radius 2 is 1.81 bits per heavy atom. The maximum Gasteiger partial charge on any atom is 0.329 e. The largest absolute Gasteiger partial charge is 0.497 e. The lowest BCUT2D eigenvalue weighted by Gasteiger charge is -2.28. The van der Waals surface area contributed by atoms with Gasteiger partial charge in [-0.05, 0) is 25.0 Å². The van der Waals surface area contributed by atoms with Crippen LogP contribution < -0.4 is 14.8 Å². The Bertz CT molecular complexity index is 523. The third-order valence-corrected chi connectivity index (χ3v) is 3.62. The highest BCUT2D eigenvalue weighted by atomic mass is 16.5. The molecule has 1 aromatic rings. The van der Waals surface area contributed by atoms with Crippen LogP contribution in [-0.4, -0.2) is 36.7 Å². The maximum atomic E-state index is 12.4. The molecule has 0 saturated heterocycles. The number of ether oxygens (including phenoxy) is 2. The smallest absolute Gasteiger partial charge is 0.329 e. The average Bonchev–Trinajstić information content (AvgIpc) is 2.51. The molecular weight excluding hydrogens is 274 g/mol. The van der Waals surface area contributed by atoms with Crippen molar-refractivity contribution in [1.82, 2.24) is 5.32 Å². The van der Waals surface area contributed by atoms with E-state index in [0.29, 0.717) is 24.3 Å². The molecule has 0 aromatic heterocycles. The Labute approximate surface area is 124 Å². The normalized spacial score (nSPS) is 10.9. The lowest BCUT2D eigenvalue weighted by Crippen LogP contribution is -2.53. The predicted octanol–water partition coefficient (Wildman–Crippen LogP) is 2.08. The summed E-state index contributed by atoms with van der Waals surface area (Å²) in [5.41, 5.74) is -1.01. The lowest BCUT2D eigenvalue weighted by atomic mass is 9.92. The highest BCUT2D eigenvalue weighted by Gasteiger charge is 2.37. The van der Waals surface area contributed by atoms with E-state index in [1.165, 1.54) is 14.2 Å². The van der Waals surface area contributed by atoms with Gasteiger partial charge < -0.3 is 19.9 Å². The molecule has 0 saturated carbocycles. The molecule has 0 heterocycles. The number of carboxylic acids is 1. The number of rotatable bonds is 7. The van der Waals surface area contributed by atoms with Crippen molar-refractivity contribution in [2.45, 2.75) is 32.2 Å². The number of methoxy groups -OCH3 is 2. The molecule has 2 N–H and O–H groups in total. The summed E-state index contributed by atoms with van der Waals surface area (Å²) in [6.45, 7) is 3.45. The molecule has 0 radical (unpaired) electrons. The standard InChI is InChI=1S/C15H21NO5/c1-5-15(6-2,14(18)19)16-13(17)11-8-7-10(20-3)9-12(11)21-4/h7-9H,5-6H2,1-4H3,(H,16,17)(H,18,19). The van der Waals surface area contributed by atoms with E-state index in [1.807, 2.05) is 0 Å². The molecule has 21 heavy (non-hydrogen) atoms. The zero-order valence-electron chi connectivity index (χ0n) is 12.7. The number of carbonyl (C=O) groups is 2. The van der Waals surface area contributed by atoms with Crippen LogP contribution in [0.25, 0.3) is 0 Å². The lowest BCUT2D eigenvalue weighted by molar-refractivity contribution is -0.144. The van der Waals surface area contributed by atoms with Crippen molar-refractivity contribution < 1.29 is 24.2 Å². The van der Waals surface area contributed by atoms with Crippen molar-refractivity contribution in [2.75, 3.05) is 14.2 Å². The fourth-order valence-electron chi connectivity index (χ4n) is 2.05. The second-order valence-corrected chi connectivity index (χ2v) is 4.61. The number of aliphatic carboxylic acids is 1. The first kappa shape index (κ1) is 16.8. The molecule has 1 amide bonds. The van der Waals surface area contributed by atoms with Crippen LogP contribution in [0.5, 0.6) is 11.5 Å². The van der Waals surface area contributed by atoms with E-state index in [0.717, 1.165) is 0 Å². The van der Waals surface area contributed by atoms with Crippen LogP contribution in [0, 0.1) is 0 Å². The maximum absolute atomic E-state index is 12.4. The molecule has 0 atom stereocenters. The van der Waals surface area contributed by atoms with Gasteiger partial charge in [0.25, 0.3) is 5.91 Å². The number of hydrogen-bond donors (Lipinski definition) is 2. The summed E-state index contributed by atoms with van der Waals surface area (Å²) in [5.74, 6) is -0.647. The van der Waals surface area contributed by atoms with Crippen molar-refractivity contribution in [3.8, 4) is 11.5 Å². The topological polar surface area (TPSA) is 84.9 Å². The van der Waals surface area contributed by atoms with Gasteiger partial charge in [0, 0.05) is 6.07 Å². The van der Waals surface area contributed by atoms with Crippen LogP contribution in [-0.2, 0) is 4.79 Å². The van der Waals surface area contributed by atoms with E-state index >= 15 is 0 Å². The van der Waals surface area contributed by atoms with Gasteiger partial charge in [-0.2, -0.15) is 0 Å². The zero-order valence-corrected chi connectivity index (χ0v) is 12.7. The van der Waals surface area contributed by atoms with Gasteiger partial charge in [0.15, 0.2) is 0 Å². The summed E-state index contributed by atoms with van der Waals surface area (Å²) in [6.07, 6.45) is 0.589. The average molecular weight is 295 g/mol. The first-order valence-electron chi connectivity index (χ1n) is 6.72. The Morgan fingerprint density at radius 3 is 2.24 bits per heavy atom. The fourth-order valence-corrected chi connectivity index (χ4v) is 2.05. The zero-order chi connectivity index (χ0) is 16.0. The van der Waals surface area contributed by atoms with Crippen molar-refractivity contribution >= 4 is 11.9 Å². The van der Waals surface area contributed by atoms with Crippen LogP contribution in [0.15, 0.2) is 18.2 Å². The second-order valence-electron chi connectivity index (χ2n) is 4.61. The summed E-state index contributed by atoms with van der Waals surface area (Å²) < 4.78 is 10.2. The van der Waals surface area contributed by atoms with Crippen LogP contribution in [0.3, 0.4) is 0 Å². The van der Waals surface area contributed by atoms with Crippen LogP contribution >= 0.6 is 0 Å². The third kappa shape index (κ3) is 3.45. The molecule has 6 nitrogen and oxygen atoms in total. The number of hydrogen-bond acceptors (Lipinski definition) is 4. The van der Waals surface area contributed by atoms with Crippen molar-refractivity contribution in [2.24, 2.45) is 0 Å². The molecule has 116 valence electrons. The molecule has 1 rings (SSSR count). The highest BCUT2D eigenvalue weighted by Crippen LogP contribution is 2.26. The molecule has 0 aliphatic heterocycles. The van der Waals surface area contributed by atoms with Crippen LogP contribution in [0.2, 0.25) is 0 Å². The first-order valence-corrected chi connectivity index (χ1v) is 6.72. The molecule has 0 fully saturated rings. The minimum atomic E-state index is -1.28. The monoisotopic (exact) mass is 295 g/mol. The fraction of sp³-hybridized carbons (Fsp3) is 0.467. The molecule has 0 spiro atoms. The van der Waals surface area contributed by atoms with Crippen LogP contribution in [0.4, 0.5) is 0 Å². The molecular formula is C15H21NO5. The number of benzene rings is 1. The first-order chi connectivity index (χ1) is 9.93. The summed E-state index contributed by atoms with van der Waals surface area (Å²) in [5, 5.41) is 12.0. The summed E-state index contributed by atoms with van der Waals surface area (Å²) in [4.78, 5) is 23.8. The van der Waals surface area contributed by atoms with E-state index in [2.05, 4.69) is 5.32 Å². The van der Waals surface area contributed by atoms with Crippen molar-refractivity contribution in [1.29, 1.82) is 0 Å². The van der Waals surface area contributed by atoms with E-state index in [4.69, 9.17) is 9.47 Å². The molecule has 0 bridgehead atoms. The quantitative estimate of drug-likeness (QED) is 0.804. The summed E-state index contributed by atoms with van der Waals surface area (Å²) in [6, 6.07) is 4.75. The number of carbonyl (C=O) groups excluding carboxylic acids is 1. The molecule has 6 heteroatoms. The van der Waals surface area contributed by atoms with Crippen molar-refractivity contribution in [3.63, 3.8) is 0 Å². The van der Waals surface area contributed by atoms with E-state index in [1.54, 1.807) is 32.0 Å². The Balaban J connectivity index is 3.11. The van der Waals surface area contributed by atoms with Gasteiger partial charge in [0.05, 0.1) is 19.8 Å². The SMILES string of the molecule is CCC(CC)(NC(=O)c1ccc(OC)cc1OC)C(=O)O. The van der Waals surface area contributed by atoms with Gasteiger partial charge >= 0.3 is 5.97 Å². The predicted molar refractivity (Wildman–Crippen MR) is 78.0 cm³/mol. The molecule has 1 aromatic carbocycles. The van der Waals surface area contributed by atoms with Gasteiger partial charge in [-0.15, -0.1) is 0 Å². The molecule has 0 aliphatic rings. The number of amides is 1. The Morgan fingerprint density at radius 1 is 1.19 bits per heavy atom. The summed E-state index contributed by atoms with van der Waals surface area (Å²) >= 11 is 0. The van der Waals surface area contributed by atoms with Crippen LogP contribution in [0.1, 0.15) is 37.0 Å². The third-order valence-electron chi connectivity index (χ3n) is 3.62. The number of nitrogens with one attached hydrogen (secondary N) is 1. The summed E-state index contributed by atoms with van der Waals surface area (Å²) in [7, 11) is 2.95. The minimum absolute atomic E-state index is 0.269. The van der Waals surface area contributed by atoms with Gasteiger partial charge in [-0.1, -0.05) is 13.8 Å².